The van der Waals surface area contributed by atoms with Gasteiger partial charge in [0, 0.05) is 0 Å². The summed E-state index contributed by atoms with van der Waals surface area (Å²) in [6, 6.07) is 6.93. The van der Waals surface area contributed by atoms with E-state index in [1.54, 1.807) is 18.2 Å². The van der Waals surface area contributed by atoms with E-state index in [1.807, 2.05) is 26.8 Å². The molecule has 1 saturated carbocycles. The van der Waals surface area contributed by atoms with E-state index in [1.165, 1.54) is 0 Å². The first-order valence-corrected chi connectivity index (χ1v) is 8.28. The van der Waals surface area contributed by atoms with Crippen molar-refractivity contribution in [2.45, 2.75) is 56.3 Å². The van der Waals surface area contributed by atoms with E-state index in [0.29, 0.717) is 11.3 Å². The highest BCUT2D eigenvalue weighted by Gasteiger charge is 2.44. The van der Waals surface area contributed by atoms with Crippen LogP contribution in [0.4, 0.5) is 0 Å². The third-order valence-corrected chi connectivity index (χ3v) is 6.38. The molecule has 1 N–H and O–H groups in total. The van der Waals surface area contributed by atoms with E-state index >= 15 is 0 Å². The summed E-state index contributed by atoms with van der Waals surface area (Å²) in [6.07, 6.45) is 1.46. The molecular weight excluding hydrogens is 260 g/mol. The van der Waals surface area contributed by atoms with Crippen LogP contribution in [0.5, 0.6) is 0 Å². The normalized spacial score (nSPS) is 27.2. The van der Waals surface area contributed by atoms with Crippen LogP contribution in [-0.2, 0) is 9.84 Å². The SMILES string of the molecule is Cc1cccc(S(=O)(=O)C2CCCC(C)(C)C2O)c1. The molecule has 3 nitrogen and oxygen atoms in total. The van der Waals surface area contributed by atoms with Gasteiger partial charge in [-0.25, -0.2) is 8.42 Å². The summed E-state index contributed by atoms with van der Waals surface area (Å²) >= 11 is 0. The number of sulfone groups is 1. The lowest BCUT2D eigenvalue weighted by Gasteiger charge is -2.40. The molecule has 0 amide bonds. The van der Waals surface area contributed by atoms with Gasteiger partial charge in [-0.15, -0.1) is 0 Å². The maximum atomic E-state index is 12.7. The second-order valence-corrected chi connectivity index (χ2v) is 8.39. The second kappa shape index (κ2) is 4.91. The van der Waals surface area contributed by atoms with Crippen molar-refractivity contribution in [3.8, 4) is 0 Å². The summed E-state index contributed by atoms with van der Waals surface area (Å²) in [4.78, 5) is 0.328. The van der Waals surface area contributed by atoms with Crippen LogP contribution in [0.3, 0.4) is 0 Å². The molecule has 2 unspecified atom stereocenters. The third kappa shape index (κ3) is 2.70. The molecule has 0 heterocycles. The Labute approximate surface area is 115 Å². The van der Waals surface area contributed by atoms with Crippen LogP contribution in [0, 0.1) is 12.3 Å². The maximum absolute atomic E-state index is 12.7. The van der Waals surface area contributed by atoms with Crippen molar-refractivity contribution in [1.29, 1.82) is 0 Å². The zero-order chi connectivity index (χ0) is 14.3. The number of hydrogen-bond donors (Lipinski definition) is 1. The van der Waals surface area contributed by atoms with Gasteiger partial charge in [0.05, 0.1) is 16.2 Å². The Hall–Kier alpha value is -0.870. The van der Waals surface area contributed by atoms with Gasteiger partial charge >= 0.3 is 0 Å². The number of hydrogen-bond acceptors (Lipinski definition) is 3. The zero-order valence-corrected chi connectivity index (χ0v) is 12.6. The van der Waals surface area contributed by atoms with Gasteiger partial charge in [-0.3, -0.25) is 0 Å². The molecule has 0 saturated heterocycles. The quantitative estimate of drug-likeness (QED) is 0.907. The van der Waals surface area contributed by atoms with E-state index < -0.39 is 21.2 Å². The van der Waals surface area contributed by atoms with Crippen molar-refractivity contribution in [3.63, 3.8) is 0 Å². The molecule has 1 aliphatic carbocycles. The van der Waals surface area contributed by atoms with Gasteiger partial charge < -0.3 is 5.11 Å². The Morgan fingerprint density at radius 3 is 2.63 bits per heavy atom. The van der Waals surface area contributed by atoms with Gasteiger partial charge in [-0.05, 0) is 42.9 Å². The minimum Gasteiger partial charge on any atom is -0.391 e. The summed E-state index contributed by atoms with van der Waals surface area (Å²) in [5.74, 6) is 0. The van der Waals surface area contributed by atoms with Crippen molar-refractivity contribution in [1.82, 2.24) is 0 Å². The second-order valence-electron chi connectivity index (χ2n) is 6.23. The van der Waals surface area contributed by atoms with Gasteiger partial charge in [0.2, 0.25) is 0 Å². The summed E-state index contributed by atoms with van der Waals surface area (Å²) < 4.78 is 25.4. The Bertz CT molecular complexity index is 561. The Morgan fingerprint density at radius 2 is 2.00 bits per heavy atom. The van der Waals surface area contributed by atoms with Crippen LogP contribution in [-0.4, -0.2) is 24.9 Å². The van der Waals surface area contributed by atoms with Crippen LogP contribution in [0.25, 0.3) is 0 Å². The molecule has 19 heavy (non-hydrogen) atoms. The molecule has 1 aromatic carbocycles. The molecule has 0 aliphatic heterocycles. The first-order chi connectivity index (χ1) is 8.75. The van der Waals surface area contributed by atoms with Gasteiger partial charge in [0.1, 0.15) is 0 Å². The molecule has 2 rings (SSSR count). The smallest absolute Gasteiger partial charge is 0.183 e. The Morgan fingerprint density at radius 1 is 1.32 bits per heavy atom. The van der Waals surface area contributed by atoms with Crippen LogP contribution in [0.1, 0.15) is 38.7 Å². The summed E-state index contributed by atoms with van der Waals surface area (Å²) in [5, 5.41) is 9.70. The molecule has 106 valence electrons. The molecule has 0 aromatic heterocycles. The van der Waals surface area contributed by atoms with E-state index in [4.69, 9.17) is 0 Å². The van der Waals surface area contributed by atoms with Crippen LogP contribution in [0.15, 0.2) is 29.2 Å². The number of aryl methyl sites for hydroxylation is 1. The number of rotatable bonds is 2. The molecule has 0 radical (unpaired) electrons. The van der Waals surface area contributed by atoms with Gasteiger partial charge in [0.15, 0.2) is 9.84 Å². The van der Waals surface area contributed by atoms with E-state index in [2.05, 4.69) is 0 Å². The van der Waals surface area contributed by atoms with Gasteiger partial charge in [-0.2, -0.15) is 0 Å². The Kier molecular flexibility index (Phi) is 3.76. The minimum atomic E-state index is -3.45. The van der Waals surface area contributed by atoms with Crippen LogP contribution < -0.4 is 0 Å². The van der Waals surface area contributed by atoms with Gasteiger partial charge in [-0.1, -0.05) is 32.4 Å². The lowest BCUT2D eigenvalue weighted by Crippen LogP contribution is -2.47. The van der Waals surface area contributed by atoms with Crippen molar-refractivity contribution in [2.75, 3.05) is 0 Å². The highest BCUT2D eigenvalue weighted by molar-refractivity contribution is 7.92. The number of aliphatic hydroxyl groups is 1. The summed E-state index contributed by atoms with van der Waals surface area (Å²) in [6.45, 7) is 5.76. The fourth-order valence-corrected chi connectivity index (χ4v) is 5.01. The number of aliphatic hydroxyl groups excluding tert-OH is 1. The highest BCUT2D eigenvalue weighted by atomic mass is 32.2. The summed E-state index contributed by atoms with van der Waals surface area (Å²) in [5.41, 5.74) is 0.588. The molecule has 1 aromatic rings. The van der Waals surface area contributed by atoms with E-state index in [-0.39, 0.29) is 5.41 Å². The molecule has 4 heteroatoms. The molecule has 1 aliphatic rings. The van der Waals surface area contributed by atoms with Crippen LogP contribution >= 0.6 is 0 Å². The summed E-state index contributed by atoms with van der Waals surface area (Å²) in [7, 11) is -3.45. The van der Waals surface area contributed by atoms with E-state index in [9.17, 15) is 13.5 Å². The minimum absolute atomic E-state index is 0.328. The standard InChI is InChI=1S/C15H22O3S/c1-11-6-4-7-12(10-11)19(17,18)13-8-5-9-15(2,3)14(13)16/h4,6-7,10,13-14,16H,5,8-9H2,1-3H3. The molecular formula is C15H22O3S. The molecule has 0 bridgehead atoms. The van der Waals surface area contributed by atoms with Crippen LogP contribution in [0.2, 0.25) is 0 Å². The monoisotopic (exact) mass is 282 g/mol. The lowest BCUT2D eigenvalue weighted by molar-refractivity contribution is 0.0167. The third-order valence-electron chi connectivity index (χ3n) is 4.18. The first-order valence-electron chi connectivity index (χ1n) is 6.74. The molecule has 0 spiro atoms. The largest absolute Gasteiger partial charge is 0.391 e. The Balaban J connectivity index is 2.40. The van der Waals surface area contributed by atoms with E-state index in [0.717, 1.165) is 18.4 Å². The average Bonchev–Trinajstić information content (AvgIpc) is 2.32. The van der Waals surface area contributed by atoms with Crippen molar-refractivity contribution in [3.05, 3.63) is 29.8 Å². The lowest BCUT2D eigenvalue weighted by atomic mass is 9.75. The average molecular weight is 282 g/mol. The topological polar surface area (TPSA) is 54.4 Å². The molecule has 1 fully saturated rings. The van der Waals surface area contributed by atoms with Crippen molar-refractivity contribution < 1.29 is 13.5 Å². The van der Waals surface area contributed by atoms with Gasteiger partial charge in [0.25, 0.3) is 0 Å². The predicted molar refractivity (Wildman–Crippen MR) is 75.8 cm³/mol. The van der Waals surface area contributed by atoms with Crippen molar-refractivity contribution in [2.24, 2.45) is 5.41 Å². The molecule has 2 atom stereocenters. The fraction of sp³-hybridized carbons (Fsp3) is 0.600. The fourth-order valence-electron chi connectivity index (χ4n) is 2.86. The first kappa shape index (κ1) is 14.5. The highest BCUT2D eigenvalue weighted by Crippen LogP contribution is 2.40. The van der Waals surface area contributed by atoms with Crippen molar-refractivity contribution >= 4 is 9.84 Å². The maximum Gasteiger partial charge on any atom is 0.183 e. The predicted octanol–water partition coefficient (Wildman–Crippen LogP) is 2.71. The zero-order valence-electron chi connectivity index (χ0n) is 11.8. The number of benzene rings is 1.